The van der Waals surface area contributed by atoms with Crippen LogP contribution in [0.4, 0.5) is 0 Å². The van der Waals surface area contributed by atoms with Gasteiger partial charge in [-0.25, -0.2) is 4.98 Å². The van der Waals surface area contributed by atoms with Gasteiger partial charge in [-0.15, -0.1) is 11.3 Å². The minimum atomic E-state index is -0.289. The summed E-state index contributed by atoms with van der Waals surface area (Å²) in [4.78, 5) is 18.5. The Balaban J connectivity index is 1.74. The molecular weight excluding hydrogens is 296 g/mol. The third-order valence-electron chi connectivity index (χ3n) is 3.12. The lowest BCUT2D eigenvalue weighted by Gasteiger charge is -2.31. The lowest BCUT2D eigenvalue weighted by atomic mass is 10.2. The molecule has 0 aromatic carbocycles. The molecule has 0 spiro atoms. The fourth-order valence-corrected chi connectivity index (χ4v) is 3.57. The monoisotopic (exact) mass is 310 g/mol. The van der Waals surface area contributed by atoms with Crippen LogP contribution in [0.3, 0.4) is 0 Å². The topological polar surface area (TPSA) is 62.7 Å². The van der Waals surface area contributed by atoms with Crippen molar-refractivity contribution in [1.82, 2.24) is 9.88 Å². The molecule has 5 nitrogen and oxygen atoms in total. The van der Waals surface area contributed by atoms with Crippen LogP contribution in [0.2, 0.25) is 0 Å². The Morgan fingerprint density at radius 1 is 1.55 bits per heavy atom. The number of amides is 1. The van der Waals surface area contributed by atoms with Crippen LogP contribution in [0.25, 0.3) is 10.6 Å². The van der Waals surface area contributed by atoms with Gasteiger partial charge in [-0.2, -0.15) is 11.3 Å². The SMILES string of the molecule is O=C(c1csc(-c2ccsc2)n1)N1CCOC(CO)C1. The zero-order chi connectivity index (χ0) is 13.9. The van der Waals surface area contributed by atoms with Gasteiger partial charge in [0.05, 0.1) is 19.3 Å². The van der Waals surface area contributed by atoms with E-state index in [0.717, 1.165) is 10.6 Å². The third kappa shape index (κ3) is 2.76. The van der Waals surface area contributed by atoms with Crippen LogP contribution in [-0.4, -0.2) is 53.3 Å². The van der Waals surface area contributed by atoms with Crippen molar-refractivity contribution in [2.24, 2.45) is 0 Å². The second-order valence-corrected chi connectivity index (χ2v) is 6.11. The average molecular weight is 310 g/mol. The molecule has 2 aromatic rings. The fourth-order valence-electron chi connectivity index (χ4n) is 2.07. The van der Waals surface area contributed by atoms with Crippen molar-refractivity contribution in [3.05, 3.63) is 27.9 Å². The van der Waals surface area contributed by atoms with Gasteiger partial charge in [0.15, 0.2) is 0 Å². The molecule has 106 valence electrons. The number of morpholine rings is 1. The Kier molecular flexibility index (Phi) is 4.11. The van der Waals surface area contributed by atoms with Crippen molar-refractivity contribution < 1.29 is 14.6 Å². The molecule has 0 radical (unpaired) electrons. The molecule has 2 aromatic heterocycles. The van der Waals surface area contributed by atoms with Gasteiger partial charge < -0.3 is 14.7 Å². The van der Waals surface area contributed by atoms with Gasteiger partial charge in [0.25, 0.3) is 5.91 Å². The summed E-state index contributed by atoms with van der Waals surface area (Å²) in [6, 6.07) is 1.99. The molecule has 3 rings (SSSR count). The molecule has 1 amide bonds. The van der Waals surface area contributed by atoms with Gasteiger partial charge in [-0.05, 0) is 11.4 Å². The van der Waals surface area contributed by atoms with Crippen LogP contribution >= 0.6 is 22.7 Å². The van der Waals surface area contributed by atoms with Crippen molar-refractivity contribution in [3.8, 4) is 10.6 Å². The molecule has 0 aliphatic carbocycles. The highest BCUT2D eigenvalue weighted by Gasteiger charge is 2.26. The predicted octanol–water partition coefficient (Wildman–Crippen LogP) is 1.70. The average Bonchev–Trinajstić information content (AvgIpc) is 3.17. The molecule has 1 aliphatic rings. The second-order valence-electron chi connectivity index (χ2n) is 4.48. The molecular formula is C13H14N2O3S2. The largest absolute Gasteiger partial charge is 0.394 e. The van der Waals surface area contributed by atoms with Gasteiger partial charge in [0.2, 0.25) is 0 Å². The van der Waals surface area contributed by atoms with E-state index in [1.807, 2.05) is 16.8 Å². The second kappa shape index (κ2) is 6.01. The molecule has 0 bridgehead atoms. The van der Waals surface area contributed by atoms with Gasteiger partial charge in [-0.1, -0.05) is 0 Å². The number of aromatic nitrogens is 1. The minimum Gasteiger partial charge on any atom is -0.394 e. The van der Waals surface area contributed by atoms with E-state index >= 15 is 0 Å². The first-order chi connectivity index (χ1) is 9.78. The number of nitrogens with zero attached hydrogens (tertiary/aromatic N) is 2. The Morgan fingerprint density at radius 2 is 2.45 bits per heavy atom. The highest BCUT2D eigenvalue weighted by atomic mass is 32.1. The predicted molar refractivity (Wildman–Crippen MR) is 78.2 cm³/mol. The molecule has 20 heavy (non-hydrogen) atoms. The van der Waals surface area contributed by atoms with E-state index < -0.39 is 0 Å². The normalized spacial score (nSPS) is 19.2. The van der Waals surface area contributed by atoms with E-state index in [0.29, 0.717) is 25.4 Å². The quantitative estimate of drug-likeness (QED) is 0.937. The van der Waals surface area contributed by atoms with E-state index in [1.54, 1.807) is 21.6 Å². The van der Waals surface area contributed by atoms with Crippen molar-refractivity contribution in [2.45, 2.75) is 6.10 Å². The van der Waals surface area contributed by atoms with E-state index in [9.17, 15) is 4.79 Å². The summed E-state index contributed by atoms with van der Waals surface area (Å²) in [5.74, 6) is -0.0931. The number of hydrogen-bond acceptors (Lipinski definition) is 6. The molecule has 1 aliphatic heterocycles. The molecule has 1 fully saturated rings. The Morgan fingerprint density at radius 3 is 3.20 bits per heavy atom. The zero-order valence-corrected chi connectivity index (χ0v) is 12.3. The summed E-state index contributed by atoms with van der Waals surface area (Å²) in [5, 5.41) is 15.8. The molecule has 3 heterocycles. The molecule has 1 atom stereocenters. The molecule has 0 saturated carbocycles. The van der Waals surface area contributed by atoms with Crippen LogP contribution in [0.5, 0.6) is 0 Å². The third-order valence-corrected chi connectivity index (χ3v) is 4.70. The number of carbonyl (C=O) groups is 1. The summed E-state index contributed by atoms with van der Waals surface area (Å²) < 4.78 is 5.35. The number of hydrogen-bond donors (Lipinski definition) is 1. The van der Waals surface area contributed by atoms with Crippen LogP contribution in [0, 0.1) is 0 Å². The number of thiazole rings is 1. The lowest BCUT2D eigenvalue weighted by molar-refractivity contribution is -0.0448. The van der Waals surface area contributed by atoms with Gasteiger partial charge in [-0.3, -0.25) is 4.79 Å². The van der Waals surface area contributed by atoms with Crippen molar-refractivity contribution in [3.63, 3.8) is 0 Å². The maximum absolute atomic E-state index is 12.4. The van der Waals surface area contributed by atoms with Crippen LogP contribution in [-0.2, 0) is 4.74 Å². The number of aliphatic hydroxyl groups excluding tert-OH is 1. The minimum absolute atomic E-state index is 0.0685. The Bertz CT molecular complexity index is 582. The number of carbonyl (C=O) groups excluding carboxylic acids is 1. The maximum atomic E-state index is 12.4. The molecule has 1 N–H and O–H groups in total. The number of thiophene rings is 1. The fraction of sp³-hybridized carbons (Fsp3) is 0.385. The summed E-state index contributed by atoms with van der Waals surface area (Å²) >= 11 is 3.08. The van der Waals surface area contributed by atoms with E-state index in [4.69, 9.17) is 9.84 Å². The van der Waals surface area contributed by atoms with Crippen LogP contribution < -0.4 is 0 Å². The van der Waals surface area contributed by atoms with E-state index in [1.165, 1.54) is 11.3 Å². The van der Waals surface area contributed by atoms with E-state index in [-0.39, 0.29) is 18.6 Å². The first-order valence-corrected chi connectivity index (χ1v) is 8.10. The highest BCUT2D eigenvalue weighted by Crippen LogP contribution is 2.26. The van der Waals surface area contributed by atoms with Crippen molar-refractivity contribution >= 4 is 28.6 Å². The zero-order valence-electron chi connectivity index (χ0n) is 10.7. The Labute approximate surface area is 124 Å². The van der Waals surface area contributed by atoms with Gasteiger partial charge >= 0.3 is 0 Å². The number of rotatable bonds is 3. The molecule has 7 heteroatoms. The smallest absolute Gasteiger partial charge is 0.273 e. The van der Waals surface area contributed by atoms with E-state index in [2.05, 4.69) is 4.98 Å². The number of aliphatic hydroxyl groups is 1. The summed E-state index contributed by atoms with van der Waals surface area (Å²) in [6.07, 6.45) is -0.289. The number of ether oxygens (including phenoxy) is 1. The van der Waals surface area contributed by atoms with Gasteiger partial charge in [0, 0.05) is 29.4 Å². The Hall–Kier alpha value is -1.28. The first kappa shape index (κ1) is 13.7. The highest BCUT2D eigenvalue weighted by molar-refractivity contribution is 7.14. The van der Waals surface area contributed by atoms with Crippen molar-refractivity contribution in [1.29, 1.82) is 0 Å². The maximum Gasteiger partial charge on any atom is 0.273 e. The molecule has 1 unspecified atom stereocenters. The van der Waals surface area contributed by atoms with Crippen LogP contribution in [0.15, 0.2) is 22.2 Å². The standard InChI is InChI=1S/C13H14N2O3S2/c16-6-10-5-15(2-3-18-10)13(17)11-8-20-12(14-11)9-1-4-19-7-9/h1,4,7-8,10,16H,2-3,5-6H2. The molecule has 1 saturated heterocycles. The summed E-state index contributed by atoms with van der Waals surface area (Å²) in [7, 11) is 0. The van der Waals surface area contributed by atoms with Crippen molar-refractivity contribution in [2.75, 3.05) is 26.3 Å². The lowest BCUT2D eigenvalue weighted by Crippen LogP contribution is -2.47. The first-order valence-electron chi connectivity index (χ1n) is 6.28. The summed E-state index contributed by atoms with van der Waals surface area (Å²) in [6.45, 7) is 1.35. The van der Waals surface area contributed by atoms with Crippen LogP contribution in [0.1, 0.15) is 10.5 Å². The summed E-state index contributed by atoms with van der Waals surface area (Å²) in [5.41, 5.74) is 1.52. The van der Waals surface area contributed by atoms with Gasteiger partial charge in [0.1, 0.15) is 10.7 Å².